The fourth-order valence-corrected chi connectivity index (χ4v) is 1.92. The number of hydrogen-bond donors (Lipinski definition) is 1. The molecule has 0 bridgehead atoms. The van der Waals surface area contributed by atoms with Crippen LogP contribution in [0.5, 0.6) is 0 Å². The van der Waals surface area contributed by atoms with E-state index in [9.17, 15) is 0 Å². The second-order valence-corrected chi connectivity index (χ2v) is 4.28. The predicted octanol–water partition coefficient (Wildman–Crippen LogP) is 0.786. The first kappa shape index (κ1) is 12.0. The van der Waals surface area contributed by atoms with E-state index >= 15 is 0 Å². The van der Waals surface area contributed by atoms with Gasteiger partial charge >= 0.3 is 0 Å². The summed E-state index contributed by atoms with van der Waals surface area (Å²) in [7, 11) is 2.17. The number of aliphatic hydroxyl groups is 1. The standard InChI is InChI=1S/C11H24N2O/c1-12(6-4-5-11-14)9-10-13-7-2-3-8-13/h14H,2-11H2,1H3. The molecule has 1 heterocycles. The SMILES string of the molecule is CN(CCCCO)CCN1CCCC1. The molecule has 0 aromatic heterocycles. The summed E-state index contributed by atoms with van der Waals surface area (Å²) >= 11 is 0. The van der Waals surface area contributed by atoms with Crippen LogP contribution < -0.4 is 0 Å². The number of nitrogens with zero attached hydrogens (tertiary/aromatic N) is 2. The van der Waals surface area contributed by atoms with Crippen molar-refractivity contribution in [3.05, 3.63) is 0 Å². The molecule has 0 spiro atoms. The number of unbranched alkanes of at least 4 members (excludes halogenated alkanes) is 1. The molecule has 3 nitrogen and oxygen atoms in total. The Bertz CT molecular complexity index is 135. The van der Waals surface area contributed by atoms with Crippen molar-refractivity contribution < 1.29 is 5.11 Å². The van der Waals surface area contributed by atoms with E-state index < -0.39 is 0 Å². The van der Waals surface area contributed by atoms with E-state index in [-0.39, 0.29) is 0 Å². The molecule has 14 heavy (non-hydrogen) atoms. The maximum absolute atomic E-state index is 8.65. The maximum Gasteiger partial charge on any atom is 0.0431 e. The van der Waals surface area contributed by atoms with Gasteiger partial charge in [-0.3, -0.25) is 0 Å². The van der Waals surface area contributed by atoms with Crippen LogP contribution in [0.4, 0.5) is 0 Å². The summed E-state index contributed by atoms with van der Waals surface area (Å²) in [5, 5.41) is 8.65. The van der Waals surface area contributed by atoms with E-state index in [1.807, 2.05) is 0 Å². The lowest BCUT2D eigenvalue weighted by Gasteiger charge is -2.20. The molecule has 1 rings (SSSR count). The molecule has 3 heteroatoms. The van der Waals surface area contributed by atoms with Crippen LogP contribution in [0.3, 0.4) is 0 Å². The molecule has 0 saturated carbocycles. The summed E-state index contributed by atoms with van der Waals surface area (Å²) in [6, 6.07) is 0. The molecule has 84 valence electrons. The van der Waals surface area contributed by atoms with Gasteiger partial charge in [0.1, 0.15) is 0 Å². The highest BCUT2D eigenvalue weighted by molar-refractivity contribution is 4.67. The van der Waals surface area contributed by atoms with Crippen LogP contribution in [-0.2, 0) is 0 Å². The summed E-state index contributed by atoms with van der Waals surface area (Å²) in [4.78, 5) is 4.91. The van der Waals surface area contributed by atoms with E-state index in [0.29, 0.717) is 6.61 Å². The zero-order valence-corrected chi connectivity index (χ0v) is 9.41. The van der Waals surface area contributed by atoms with Gasteiger partial charge in [0.15, 0.2) is 0 Å². The van der Waals surface area contributed by atoms with Gasteiger partial charge in [-0.15, -0.1) is 0 Å². The van der Waals surface area contributed by atoms with Crippen LogP contribution >= 0.6 is 0 Å². The number of aliphatic hydroxyl groups excluding tert-OH is 1. The van der Waals surface area contributed by atoms with Gasteiger partial charge in [-0.05, 0) is 52.4 Å². The van der Waals surface area contributed by atoms with Crippen molar-refractivity contribution in [1.29, 1.82) is 0 Å². The summed E-state index contributed by atoms with van der Waals surface area (Å²) in [5.74, 6) is 0. The number of hydrogen-bond acceptors (Lipinski definition) is 3. The molecule has 1 fully saturated rings. The van der Waals surface area contributed by atoms with Crippen molar-refractivity contribution in [2.75, 3.05) is 46.4 Å². The lowest BCUT2D eigenvalue weighted by Crippen LogP contribution is -2.32. The molecular formula is C11H24N2O. The minimum Gasteiger partial charge on any atom is -0.396 e. The molecule has 1 aliphatic rings. The molecule has 1 saturated heterocycles. The highest BCUT2D eigenvalue weighted by Crippen LogP contribution is 2.06. The molecule has 0 aromatic carbocycles. The Balaban J connectivity index is 1.93. The van der Waals surface area contributed by atoms with E-state index in [2.05, 4.69) is 16.8 Å². The van der Waals surface area contributed by atoms with Gasteiger partial charge in [0.25, 0.3) is 0 Å². The topological polar surface area (TPSA) is 26.7 Å². The van der Waals surface area contributed by atoms with Crippen LogP contribution in [0.25, 0.3) is 0 Å². The molecule has 1 aliphatic heterocycles. The lowest BCUT2D eigenvalue weighted by molar-refractivity contribution is 0.239. The number of rotatable bonds is 7. The lowest BCUT2D eigenvalue weighted by atomic mass is 10.3. The smallest absolute Gasteiger partial charge is 0.0431 e. The third kappa shape index (κ3) is 4.94. The van der Waals surface area contributed by atoms with Crippen molar-refractivity contribution in [1.82, 2.24) is 9.80 Å². The van der Waals surface area contributed by atoms with E-state index in [1.54, 1.807) is 0 Å². The van der Waals surface area contributed by atoms with Crippen LogP contribution in [0.1, 0.15) is 25.7 Å². The van der Waals surface area contributed by atoms with Gasteiger partial charge in [0, 0.05) is 19.7 Å². The van der Waals surface area contributed by atoms with Crippen molar-refractivity contribution >= 4 is 0 Å². The van der Waals surface area contributed by atoms with Crippen LogP contribution in [-0.4, -0.2) is 61.3 Å². The molecular weight excluding hydrogens is 176 g/mol. The highest BCUT2D eigenvalue weighted by atomic mass is 16.2. The molecule has 0 unspecified atom stereocenters. The van der Waals surface area contributed by atoms with Gasteiger partial charge in [0.05, 0.1) is 0 Å². The average Bonchev–Trinajstić information content (AvgIpc) is 2.68. The summed E-state index contributed by atoms with van der Waals surface area (Å²) < 4.78 is 0. The van der Waals surface area contributed by atoms with Gasteiger partial charge in [-0.2, -0.15) is 0 Å². The highest BCUT2D eigenvalue weighted by Gasteiger charge is 2.11. The number of likely N-dealkylation sites (tertiary alicyclic amines) is 1. The molecule has 0 atom stereocenters. The molecule has 0 amide bonds. The first-order chi connectivity index (χ1) is 6.83. The molecule has 0 aliphatic carbocycles. The quantitative estimate of drug-likeness (QED) is 0.615. The Morgan fingerprint density at radius 2 is 1.86 bits per heavy atom. The Morgan fingerprint density at radius 1 is 1.14 bits per heavy atom. The van der Waals surface area contributed by atoms with Crippen molar-refractivity contribution in [3.8, 4) is 0 Å². The fourth-order valence-electron chi connectivity index (χ4n) is 1.92. The predicted molar refractivity (Wildman–Crippen MR) is 59.5 cm³/mol. The fraction of sp³-hybridized carbons (Fsp3) is 1.00. The molecule has 0 aromatic rings. The number of likely N-dealkylation sites (N-methyl/N-ethyl adjacent to an activating group) is 1. The summed E-state index contributed by atoms with van der Waals surface area (Å²) in [5.41, 5.74) is 0. The Kier molecular flexibility index (Phi) is 6.15. The monoisotopic (exact) mass is 200 g/mol. The largest absolute Gasteiger partial charge is 0.396 e. The van der Waals surface area contributed by atoms with Gasteiger partial charge < -0.3 is 14.9 Å². The second-order valence-electron chi connectivity index (χ2n) is 4.28. The van der Waals surface area contributed by atoms with Crippen molar-refractivity contribution in [2.45, 2.75) is 25.7 Å². The third-order valence-corrected chi connectivity index (χ3v) is 2.94. The first-order valence-corrected chi connectivity index (χ1v) is 5.84. The summed E-state index contributed by atoms with van der Waals surface area (Å²) in [6.45, 7) is 6.43. The molecule has 0 radical (unpaired) electrons. The van der Waals surface area contributed by atoms with Crippen LogP contribution in [0, 0.1) is 0 Å². The summed E-state index contributed by atoms with van der Waals surface area (Å²) in [6.07, 6.45) is 4.82. The Hall–Kier alpha value is -0.120. The zero-order valence-electron chi connectivity index (χ0n) is 9.41. The molecule has 1 N–H and O–H groups in total. The van der Waals surface area contributed by atoms with E-state index in [4.69, 9.17) is 5.11 Å². The minimum absolute atomic E-state index is 0.333. The zero-order chi connectivity index (χ0) is 10.2. The first-order valence-electron chi connectivity index (χ1n) is 5.84. The normalized spacial score (nSPS) is 18.2. The second kappa shape index (κ2) is 7.21. The maximum atomic E-state index is 8.65. The Morgan fingerprint density at radius 3 is 2.50 bits per heavy atom. The van der Waals surface area contributed by atoms with Crippen LogP contribution in [0.15, 0.2) is 0 Å². The van der Waals surface area contributed by atoms with Gasteiger partial charge in [0.2, 0.25) is 0 Å². The van der Waals surface area contributed by atoms with Gasteiger partial charge in [-0.25, -0.2) is 0 Å². The van der Waals surface area contributed by atoms with E-state index in [0.717, 1.165) is 19.4 Å². The van der Waals surface area contributed by atoms with Crippen molar-refractivity contribution in [3.63, 3.8) is 0 Å². The Labute approximate surface area is 87.7 Å². The average molecular weight is 200 g/mol. The van der Waals surface area contributed by atoms with Crippen LogP contribution in [0.2, 0.25) is 0 Å². The van der Waals surface area contributed by atoms with Gasteiger partial charge in [-0.1, -0.05) is 0 Å². The van der Waals surface area contributed by atoms with E-state index in [1.165, 1.54) is 39.0 Å². The van der Waals surface area contributed by atoms with Crippen molar-refractivity contribution in [2.24, 2.45) is 0 Å². The minimum atomic E-state index is 0.333. The third-order valence-electron chi connectivity index (χ3n) is 2.94.